The highest BCUT2D eigenvalue weighted by atomic mass is 16.2. The maximum absolute atomic E-state index is 12.7. The van der Waals surface area contributed by atoms with E-state index in [1.807, 2.05) is 84.3 Å². The van der Waals surface area contributed by atoms with E-state index in [0.29, 0.717) is 0 Å². The molecule has 1 fully saturated rings. The van der Waals surface area contributed by atoms with E-state index < -0.39 is 6.03 Å². The first-order chi connectivity index (χ1) is 13.1. The minimum Gasteiger partial charge on any atom is -0.314 e. The van der Waals surface area contributed by atoms with Crippen LogP contribution in [0.2, 0.25) is 0 Å². The molecule has 5 heteroatoms. The van der Waals surface area contributed by atoms with Crippen molar-refractivity contribution in [3.8, 4) is 5.69 Å². The lowest BCUT2D eigenvalue weighted by Gasteiger charge is -2.11. The van der Waals surface area contributed by atoms with Gasteiger partial charge in [-0.15, -0.1) is 0 Å². The van der Waals surface area contributed by atoms with E-state index in [2.05, 4.69) is 5.32 Å². The highest BCUT2D eigenvalue weighted by Gasteiger charge is 2.33. The molecular formula is C22H19N3O2. The number of para-hydroxylation sites is 1. The van der Waals surface area contributed by atoms with Gasteiger partial charge in [-0.05, 0) is 42.8 Å². The van der Waals surface area contributed by atoms with Crippen LogP contribution in [-0.4, -0.2) is 21.4 Å². The number of nitrogens with one attached hydrogen (secondary N) is 1. The van der Waals surface area contributed by atoms with E-state index in [1.54, 1.807) is 6.08 Å². The number of urea groups is 1. The fourth-order valence-electron chi connectivity index (χ4n) is 3.23. The number of rotatable bonds is 4. The quantitative estimate of drug-likeness (QED) is 0.569. The number of hydrogen-bond acceptors (Lipinski definition) is 2. The van der Waals surface area contributed by atoms with E-state index in [0.717, 1.165) is 22.6 Å². The van der Waals surface area contributed by atoms with Crippen LogP contribution in [0.4, 0.5) is 4.79 Å². The maximum Gasteiger partial charge on any atom is 0.329 e. The van der Waals surface area contributed by atoms with Crippen LogP contribution in [0.15, 0.2) is 78.5 Å². The lowest BCUT2D eigenvalue weighted by molar-refractivity contribution is -0.123. The molecule has 0 atom stereocenters. The average Bonchev–Trinajstić information content (AvgIpc) is 3.18. The van der Waals surface area contributed by atoms with Crippen LogP contribution < -0.4 is 5.32 Å². The second-order valence-corrected chi connectivity index (χ2v) is 6.44. The third kappa shape index (κ3) is 3.27. The molecule has 1 aromatic heterocycles. The van der Waals surface area contributed by atoms with Crippen LogP contribution in [-0.2, 0) is 11.3 Å². The van der Waals surface area contributed by atoms with Gasteiger partial charge >= 0.3 is 6.03 Å². The first-order valence-electron chi connectivity index (χ1n) is 8.76. The average molecular weight is 357 g/mol. The van der Waals surface area contributed by atoms with Gasteiger partial charge in [0.25, 0.3) is 5.91 Å². The minimum atomic E-state index is -0.398. The lowest BCUT2D eigenvalue weighted by Crippen LogP contribution is -2.30. The Labute approximate surface area is 157 Å². The molecule has 2 heterocycles. The van der Waals surface area contributed by atoms with Crippen molar-refractivity contribution in [2.24, 2.45) is 0 Å². The Kier molecular flexibility index (Phi) is 4.34. The van der Waals surface area contributed by atoms with Gasteiger partial charge in [-0.1, -0.05) is 48.5 Å². The van der Waals surface area contributed by atoms with Gasteiger partial charge in [-0.25, -0.2) is 4.79 Å². The molecular weight excluding hydrogens is 338 g/mol. The number of amides is 3. The van der Waals surface area contributed by atoms with Gasteiger partial charge in [-0.3, -0.25) is 9.69 Å². The second kappa shape index (κ2) is 6.96. The molecule has 0 radical (unpaired) electrons. The third-order valence-corrected chi connectivity index (χ3v) is 4.56. The first kappa shape index (κ1) is 16.8. The summed E-state index contributed by atoms with van der Waals surface area (Å²) in [5.41, 5.74) is 4.08. The van der Waals surface area contributed by atoms with E-state index >= 15 is 0 Å². The number of carbonyl (C=O) groups is 2. The number of benzene rings is 2. The second-order valence-electron chi connectivity index (χ2n) is 6.44. The monoisotopic (exact) mass is 357 g/mol. The van der Waals surface area contributed by atoms with Crippen LogP contribution in [0.25, 0.3) is 11.8 Å². The van der Waals surface area contributed by atoms with Crippen molar-refractivity contribution in [2.45, 2.75) is 13.5 Å². The van der Waals surface area contributed by atoms with E-state index in [-0.39, 0.29) is 18.1 Å². The lowest BCUT2D eigenvalue weighted by atomic mass is 10.2. The summed E-state index contributed by atoms with van der Waals surface area (Å²) in [7, 11) is 0. The fraction of sp³-hybridized carbons (Fsp3) is 0.0909. The van der Waals surface area contributed by atoms with Crippen LogP contribution in [0, 0.1) is 6.92 Å². The fourth-order valence-corrected chi connectivity index (χ4v) is 3.23. The highest BCUT2D eigenvalue weighted by Crippen LogP contribution is 2.21. The molecule has 0 bridgehead atoms. The van der Waals surface area contributed by atoms with Crippen molar-refractivity contribution in [3.63, 3.8) is 0 Å². The van der Waals surface area contributed by atoms with E-state index in [1.165, 1.54) is 4.90 Å². The molecule has 134 valence electrons. The molecule has 1 N–H and O–H groups in total. The van der Waals surface area contributed by atoms with Gasteiger partial charge in [0, 0.05) is 17.1 Å². The van der Waals surface area contributed by atoms with E-state index in [9.17, 15) is 9.59 Å². The van der Waals surface area contributed by atoms with Crippen molar-refractivity contribution in [2.75, 3.05) is 0 Å². The molecule has 1 aliphatic heterocycles. The Bertz CT molecular complexity index is 1020. The van der Waals surface area contributed by atoms with Crippen LogP contribution >= 0.6 is 0 Å². The molecule has 0 unspecified atom stereocenters. The smallest absolute Gasteiger partial charge is 0.314 e. The Morgan fingerprint density at radius 1 is 0.889 bits per heavy atom. The number of hydrogen-bond donors (Lipinski definition) is 1. The summed E-state index contributed by atoms with van der Waals surface area (Å²) >= 11 is 0. The first-order valence-corrected chi connectivity index (χ1v) is 8.76. The molecule has 0 aliphatic carbocycles. The van der Waals surface area contributed by atoms with Crippen LogP contribution in [0.1, 0.15) is 17.0 Å². The number of aryl methyl sites for hydroxylation is 1. The molecule has 27 heavy (non-hydrogen) atoms. The Hall–Kier alpha value is -3.60. The Morgan fingerprint density at radius 2 is 1.56 bits per heavy atom. The highest BCUT2D eigenvalue weighted by molar-refractivity contribution is 6.13. The summed E-state index contributed by atoms with van der Waals surface area (Å²) in [4.78, 5) is 26.3. The summed E-state index contributed by atoms with van der Waals surface area (Å²) in [5, 5.41) is 2.70. The predicted octanol–water partition coefficient (Wildman–Crippen LogP) is 3.88. The normalized spacial score (nSPS) is 15.4. The van der Waals surface area contributed by atoms with Gasteiger partial charge in [0.05, 0.1) is 6.54 Å². The molecule has 3 amide bonds. The SMILES string of the molecule is Cc1ccc(/C=C2\NC(=O)N(Cc3ccccc3)C2=O)n1-c1ccccc1. The number of carbonyl (C=O) groups excluding carboxylic acids is 2. The Morgan fingerprint density at radius 3 is 2.26 bits per heavy atom. The van der Waals surface area contributed by atoms with Gasteiger partial charge in [0.2, 0.25) is 0 Å². The summed E-state index contributed by atoms with van der Waals surface area (Å²) < 4.78 is 2.05. The zero-order valence-corrected chi connectivity index (χ0v) is 14.9. The number of aromatic nitrogens is 1. The van der Waals surface area contributed by atoms with Gasteiger partial charge in [0.15, 0.2) is 0 Å². The molecule has 1 saturated heterocycles. The zero-order valence-electron chi connectivity index (χ0n) is 14.9. The summed E-state index contributed by atoms with van der Waals surface area (Å²) in [5.74, 6) is -0.317. The maximum atomic E-state index is 12.7. The Balaban J connectivity index is 1.64. The largest absolute Gasteiger partial charge is 0.329 e. The van der Waals surface area contributed by atoms with Gasteiger partial charge in [0.1, 0.15) is 5.70 Å². The summed E-state index contributed by atoms with van der Waals surface area (Å²) in [6.45, 7) is 2.26. The van der Waals surface area contributed by atoms with Crippen molar-refractivity contribution in [1.29, 1.82) is 0 Å². The molecule has 1 aliphatic rings. The van der Waals surface area contributed by atoms with Crippen LogP contribution in [0.3, 0.4) is 0 Å². The summed E-state index contributed by atoms with van der Waals surface area (Å²) in [6, 6.07) is 22.9. The standard InChI is InChI=1S/C22H19N3O2/c1-16-12-13-19(25(16)18-10-6-3-7-11-18)14-20-21(26)24(22(27)23-20)15-17-8-4-2-5-9-17/h2-14H,15H2,1H3,(H,23,27)/b20-14-. The molecule has 0 spiro atoms. The molecule has 5 nitrogen and oxygen atoms in total. The third-order valence-electron chi connectivity index (χ3n) is 4.56. The van der Waals surface area contributed by atoms with Crippen molar-refractivity contribution < 1.29 is 9.59 Å². The molecule has 3 aromatic rings. The molecule has 2 aromatic carbocycles. The number of nitrogens with zero attached hydrogens (tertiary/aromatic N) is 2. The predicted molar refractivity (Wildman–Crippen MR) is 104 cm³/mol. The van der Waals surface area contributed by atoms with Crippen molar-refractivity contribution >= 4 is 18.0 Å². The zero-order chi connectivity index (χ0) is 18.8. The number of imide groups is 1. The molecule has 4 rings (SSSR count). The van der Waals surface area contributed by atoms with Gasteiger partial charge < -0.3 is 9.88 Å². The summed E-state index contributed by atoms with van der Waals surface area (Å²) in [6.07, 6.45) is 1.73. The topological polar surface area (TPSA) is 54.3 Å². The van der Waals surface area contributed by atoms with E-state index in [4.69, 9.17) is 0 Å². The molecule has 0 saturated carbocycles. The van der Waals surface area contributed by atoms with Crippen molar-refractivity contribution in [3.05, 3.63) is 95.4 Å². The minimum absolute atomic E-state index is 0.252. The van der Waals surface area contributed by atoms with Crippen LogP contribution in [0.5, 0.6) is 0 Å². The van der Waals surface area contributed by atoms with Crippen molar-refractivity contribution in [1.82, 2.24) is 14.8 Å². The van der Waals surface area contributed by atoms with Gasteiger partial charge in [-0.2, -0.15) is 0 Å².